The SMILES string of the molecule is CCC[C@H]1C(=O)N(CCOCc2cccc(F)c2)C[C@H]2N1C(=O)CN(CC)N2C(=O)NCc1ccccc1. The molecule has 4 amide bonds. The Balaban J connectivity index is 1.48. The van der Waals surface area contributed by atoms with Crippen molar-refractivity contribution in [1.29, 1.82) is 0 Å². The van der Waals surface area contributed by atoms with Gasteiger partial charge in [-0.3, -0.25) is 9.59 Å². The summed E-state index contributed by atoms with van der Waals surface area (Å²) < 4.78 is 19.2. The van der Waals surface area contributed by atoms with Crippen LogP contribution < -0.4 is 5.32 Å². The normalized spacial score (nSPS) is 20.0. The molecule has 2 aromatic carbocycles. The van der Waals surface area contributed by atoms with E-state index < -0.39 is 12.2 Å². The van der Waals surface area contributed by atoms with E-state index in [1.54, 1.807) is 32.0 Å². The van der Waals surface area contributed by atoms with Crippen LogP contribution in [0.1, 0.15) is 37.8 Å². The molecule has 2 aliphatic rings. The van der Waals surface area contributed by atoms with E-state index in [2.05, 4.69) is 5.32 Å². The topological polar surface area (TPSA) is 85.4 Å². The van der Waals surface area contributed by atoms with E-state index in [9.17, 15) is 18.8 Å². The van der Waals surface area contributed by atoms with Gasteiger partial charge in [0.2, 0.25) is 11.8 Å². The van der Waals surface area contributed by atoms with Crippen LogP contribution in [0.25, 0.3) is 0 Å². The first-order valence-electron chi connectivity index (χ1n) is 13.2. The van der Waals surface area contributed by atoms with Gasteiger partial charge in [0, 0.05) is 19.6 Å². The Hall–Kier alpha value is -3.50. The van der Waals surface area contributed by atoms with E-state index in [4.69, 9.17) is 4.74 Å². The molecule has 0 aromatic heterocycles. The number of nitrogens with one attached hydrogen (secondary N) is 1. The summed E-state index contributed by atoms with van der Waals surface area (Å²) in [6.07, 6.45) is 0.603. The molecule has 9 nitrogen and oxygen atoms in total. The second kappa shape index (κ2) is 12.8. The second-order valence-corrected chi connectivity index (χ2v) is 9.52. The van der Waals surface area contributed by atoms with Gasteiger partial charge in [0.15, 0.2) is 0 Å². The summed E-state index contributed by atoms with van der Waals surface area (Å²) in [6, 6.07) is 14.9. The summed E-state index contributed by atoms with van der Waals surface area (Å²) in [5.41, 5.74) is 1.68. The number of piperazine rings is 1. The van der Waals surface area contributed by atoms with E-state index in [1.165, 1.54) is 12.1 Å². The Morgan fingerprint density at radius 1 is 1.08 bits per heavy atom. The number of rotatable bonds is 10. The van der Waals surface area contributed by atoms with Crippen LogP contribution in [0, 0.1) is 5.82 Å². The van der Waals surface area contributed by atoms with Crippen LogP contribution >= 0.6 is 0 Å². The average Bonchev–Trinajstić information content (AvgIpc) is 2.92. The number of carbonyl (C=O) groups is 3. The van der Waals surface area contributed by atoms with Crippen molar-refractivity contribution in [3.05, 3.63) is 71.5 Å². The van der Waals surface area contributed by atoms with Gasteiger partial charge in [-0.15, -0.1) is 0 Å². The molecule has 0 bridgehead atoms. The number of urea groups is 1. The summed E-state index contributed by atoms with van der Waals surface area (Å²) >= 11 is 0. The van der Waals surface area contributed by atoms with Crippen LogP contribution in [0.15, 0.2) is 54.6 Å². The highest BCUT2D eigenvalue weighted by Crippen LogP contribution is 2.28. The highest BCUT2D eigenvalue weighted by molar-refractivity contribution is 5.91. The van der Waals surface area contributed by atoms with Crippen molar-refractivity contribution >= 4 is 17.8 Å². The molecule has 38 heavy (non-hydrogen) atoms. The molecule has 2 aliphatic heterocycles. The average molecular weight is 526 g/mol. The highest BCUT2D eigenvalue weighted by atomic mass is 19.1. The molecular weight excluding hydrogens is 489 g/mol. The molecule has 0 saturated carbocycles. The van der Waals surface area contributed by atoms with Gasteiger partial charge in [0.1, 0.15) is 18.0 Å². The van der Waals surface area contributed by atoms with Gasteiger partial charge in [0.05, 0.1) is 26.3 Å². The zero-order valence-electron chi connectivity index (χ0n) is 22.0. The maximum absolute atomic E-state index is 13.5. The first-order valence-corrected chi connectivity index (χ1v) is 13.2. The van der Waals surface area contributed by atoms with Crippen LogP contribution in [0.5, 0.6) is 0 Å². The summed E-state index contributed by atoms with van der Waals surface area (Å²) in [6.45, 7) is 5.69. The monoisotopic (exact) mass is 525 g/mol. The Labute approximate surface area is 223 Å². The van der Waals surface area contributed by atoms with Crippen molar-refractivity contribution < 1.29 is 23.5 Å². The number of halogens is 1. The minimum atomic E-state index is -0.641. The van der Waals surface area contributed by atoms with Crippen molar-refractivity contribution in [3.8, 4) is 0 Å². The molecule has 4 rings (SSSR count). The van der Waals surface area contributed by atoms with E-state index in [1.807, 2.05) is 44.2 Å². The molecular formula is C28H36FN5O4. The standard InChI is InChI=1S/C28H36FN5O4/c1-3-9-24-27(36)31(14-15-38-20-22-12-8-13-23(29)16-22)18-25-33(24)26(35)19-32(4-2)34(25)28(37)30-17-21-10-6-5-7-11-21/h5-8,10-13,16,24-25H,3-4,9,14-15,17-20H2,1-2H3,(H,30,37)/t24-,25-/m0/s1. The Morgan fingerprint density at radius 2 is 1.84 bits per heavy atom. The lowest BCUT2D eigenvalue weighted by Gasteiger charge is -2.55. The predicted molar refractivity (Wildman–Crippen MR) is 140 cm³/mol. The molecule has 1 N–H and O–H groups in total. The highest BCUT2D eigenvalue weighted by Gasteiger charge is 2.50. The Kier molecular flexibility index (Phi) is 9.30. The third-order valence-corrected chi connectivity index (χ3v) is 6.92. The fraction of sp³-hybridized carbons (Fsp3) is 0.464. The minimum absolute atomic E-state index is 0.0377. The van der Waals surface area contributed by atoms with E-state index in [-0.39, 0.29) is 50.0 Å². The maximum atomic E-state index is 13.5. The lowest BCUT2D eigenvalue weighted by atomic mass is 10.0. The number of hydrogen-bond donors (Lipinski definition) is 1. The van der Waals surface area contributed by atoms with Crippen LogP contribution in [-0.4, -0.2) is 82.7 Å². The molecule has 0 unspecified atom stereocenters. The van der Waals surface area contributed by atoms with Crippen molar-refractivity contribution in [2.45, 2.75) is 52.0 Å². The van der Waals surface area contributed by atoms with E-state index >= 15 is 0 Å². The number of fused-ring (bicyclic) bond motifs is 1. The first-order chi connectivity index (χ1) is 18.4. The second-order valence-electron chi connectivity index (χ2n) is 9.52. The smallest absolute Gasteiger partial charge is 0.334 e. The van der Waals surface area contributed by atoms with Crippen molar-refractivity contribution in [1.82, 2.24) is 25.1 Å². The Morgan fingerprint density at radius 3 is 2.55 bits per heavy atom. The minimum Gasteiger partial charge on any atom is -0.375 e. The third-order valence-electron chi connectivity index (χ3n) is 6.92. The Bertz CT molecular complexity index is 1120. The number of nitrogens with zero attached hydrogens (tertiary/aromatic N) is 4. The predicted octanol–water partition coefficient (Wildman–Crippen LogP) is 2.97. The zero-order chi connectivity index (χ0) is 27.1. The van der Waals surface area contributed by atoms with Gasteiger partial charge < -0.3 is 19.9 Å². The lowest BCUT2D eigenvalue weighted by Crippen LogP contribution is -2.76. The molecule has 2 saturated heterocycles. The van der Waals surface area contributed by atoms with Gasteiger partial charge in [-0.05, 0) is 29.7 Å². The number of amides is 4. The molecule has 2 fully saturated rings. The zero-order valence-corrected chi connectivity index (χ0v) is 22.0. The summed E-state index contributed by atoms with van der Waals surface area (Å²) in [5, 5.41) is 6.31. The fourth-order valence-corrected chi connectivity index (χ4v) is 5.06. The van der Waals surface area contributed by atoms with Crippen molar-refractivity contribution in [2.24, 2.45) is 0 Å². The van der Waals surface area contributed by atoms with Gasteiger partial charge in [-0.1, -0.05) is 62.7 Å². The largest absolute Gasteiger partial charge is 0.375 e. The van der Waals surface area contributed by atoms with Crippen molar-refractivity contribution in [3.63, 3.8) is 0 Å². The molecule has 0 radical (unpaired) electrons. The van der Waals surface area contributed by atoms with Crippen LogP contribution in [0.2, 0.25) is 0 Å². The molecule has 0 spiro atoms. The number of hydrogen-bond acceptors (Lipinski definition) is 5. The van der Waals surface area contributed by atoms with Crippen LogP contribution in [-0.2, 0) is 27.5 Å². The van der Waals surface area contributed by atoms with E-state index in [0.29, 0.717) is 38.0 Å². The lowest BCUT2D eigenvalue weighted by molar-refractivity contribution is -0.190. The van der Waals surface area contributed by atoms with Gasteiger partial charge in [-0.25, -0.2) is 19.2 Å². The molecule has 2 atom stereocenters. The third kappa shape index (κ3) is 6.31. The molecule has 0 aliphatic carbocycles. The van der Waals surface area contributed by atoms with E-state index in [0.717, 1.165) is 5.56 Å². The molecule has 204 valence electrons. The fourth-order valence-electron chi connectivity index (χ4n) is 5.06. The number of benzene rings is 2. The summed E-state index contributed by atoms with van der Waals surface area (Å²) in [4.78, 5) is 43.4. The van der Waals surface area contributed by atoms with Crippen LogP contribution in [0.3, 0.4) is 0 Å². The maximum Gasteiger partial charge on any atom is 0.334 e. The molecule has 2 heterocycles. The number of carbonyl (C=O) groups excluding carboxylic acids is 3. The number of ether oxygens (including phenoxy) is 1. The molecule has 2 aromatic rings. The number of hydrazine groups is 1. The van der Waals surface area contributed by atoms with Gasteiger partial charge >= 0.3 is 6.03 Å². The van der Waals surface area contributed by atoms with Crippen molar-refractivity contribution in [2.75, 3.05) is 32.8 Å². The number of likely N-dealkylation sites (N-methyl/N-ethyl adjacent to an activating group) is 1. The first kappa shape index (κ1) is 27.5. The van der Waals surface area contributed by atoms with Gasteiger partial charge in [0.25, 0.3) is 0 Å². The molecule has 10 heteroatoms. The summed E-state index contributed by atoms with van der Waals surface area (Å²) in [5.74, 6) is -0.619. The van der Waals surface area contributed by atoms with Gasteiger partial charge in [-0.2, -0.15) is 0 Å². The van der Waals surface area contributed by atoms with Crippen LogP contribution in [0.4, 0.5) is 9.18 Å². The quantitative estimate of drug-likeness (QED) is 0.482. The summed E-state index contributed by atoms with van der Waals surface area (Å²) in [7, 11) is 0.